The number of aryl methyl sites for hydroxylation is 1. The highest BCUT2D eigenvalue weighted by molar-refractivity contribution is 5.04. The van der Waals surface area contributed by atoms with Crippen LogP contribution in [0.1, 0.15) is 18.9 Å². The molecule has 0 radical (unpaired) electrons. The fraction of sp³-hybridized carbons (Fsp3) is 0.667. The summed E-state index contributed by atoms with van der Waals surface area (Å²) in [6.45, 7) is 6.69. The summed E-state index contributed by atoms with van der Waals surface area (Å²) in [5.41, 5.74) is 1.34. The van der Waals surface area contributed by atoms with Gasteiger partial charge in [0.1, 0.15) is 0 Å². The van der Waals surface area contributed by atoms with Crippen molar-refractivity contribution in [3.05, 3.63) is 18.0 Å². The second kappa shape index (κ2) is 3.27. The molecule has 0 aromatic carbocycles. The van der Waals surface area contributed by atoms with Crippen molar-refractivity contribution in [1.82, 2.24) is 14.7 Å². The van der Waals surface area contributed by atoms with Crippen LogP contribution in [-0.2, 0) is 13.1 Å². The lowest BCUT2D eigenvalue weighted by molar-refractivity contribution is 0.172. The topological polar surface area (TPSA) is 21.1 Å². The average Bonchev–Trinajstić information content (AvgIpc) is 2.44. The van der Waals surface area contributed by atoms with Gasteiger partial charge in [0.15, 0.2) is 0 Å². The zero-order chi connectivity index (χ0) is 8.39. The number of nitrogens with zero attached hydrogens (tertiary/aromatic N) is 3. The Kier molecular flexibility index (Phi) is 2.13. The summed E-state index contributed by atoms with van der Waals surface area (Å²) in [6, 6.07) is 0. The van der Waals surface area contributed by atoms with Crippen LogP contribution in [0.15, 0.2) is 12.4 Å². The highest BCUT2D eigenvalue weighted by atomic mass is 15.3. The van der Waals surface area contributed by atoms with Crippen LogP contribution in [0, 0.1) is 0 Å². The third kappa shape index (κ3) is 1.50. The molecular formula is C9H15N3. The monoisotopic (exact) mass is 165 g/mol. The predicted molar refractivity (Wildman–Crippen MR) is 47.8 cm³/mol. The summed E-state index contributed by atoms with van der Waals surface area (Å²) in [7, 11) is 0. The van der Waals surface area contributed by atoms with Crippen LogP contribution in [-0.4, -0.2) is 27.8 Å². The minimum Gasteiger partial charge on any atom is -0.299 e. The van der Waals surface area contributed by atoms with Gasteiger partial charge in [-0.3, -0.25) is 9.58 Å². The minimum absolute atomic E-state index is 0.972. The third-order valence-corrected chi connectivity index (χ3v) is 2.37. The van der Waals surface area contributed by atoms with E-state index in [1.165, 1.54) is 25.1 Å². The number of rotatable bonds is 3. The Labute approximate surface area is 73.0 Å². The first-order valence-corrected chi connectivity index (χ1v) is 4.62. The maximum absolute atomic E-state index is 4.24. The fourth-order valence-corrected chi connectivity index (χ4v) is 1.46. The highest BCUT2D eigenvalue weighted by Crippen LogP contribution is 2.11. The van der Waals surface area contributed by atoms with Crippen LogP contribution in [0.3, 0.4) is 0 Å². The van der Waals surface area contributed by atoms with Crippen LogP contribution in [0.2, 0.25) is 0 Å². The van der Waals surface area contributed by atoms with Gasteiger partial charge in [-0.05, 0) is 26.4 Å². The molecule has 1 saturated heterocycles. The lowest BCUT2D eigenvalue weighted by Crippen LogP contribution is -2.36. The molecule has 0 amide bonds. The van der Waals surface area contributed by atoms with Gasteiger partial charge in [-0.15, -0.1) is 0 Å². The molecule has 12 heavy (non-hydrogen) atoms. The molecule has 3 heteroatoms. The Morgan fingerprint density at radius 1 is 1.50 bits per heavy atom. The van der Waals surface area contributed by atoms with E-state index in [4.69, 9.17) is 0 Å². The molecule has 2 rings (SSSR count). The quantitative estimate of drug-likeness (QED) is 0.669. The zero-order valence-electron chi connectivity index (χ0n) is 7.53. The Morgan fingerprint density at radius 2 is 2.33 bits per heavy atom. The molecular weight excluding hydrogens is 150 g/mol. The molecule has 0 spiro atoms. The van der Waals surface area contributed by atoms with Gasteiger partial charge < -0.3 is 0 Å². The van der Waals surface area contributed by atoms with Crippen molar-refractivity contribution < 1.29 is 0 Å². The molecule has 66 valence electrons. The van der Waals surface area contributed by atoms with Gasteiger partial charge in [-0.25, -0.2) is 0 Å². The van der Waals surface area contributed by atoms with Crippen molar-refractivity contribution in [2.75, 3.05) is 13.1 Å². The molecule has 1 fully saturated rings. The summed E-state index contributed by atoms with van der Waals surface area (Å²) < 4.78 is 1.98. The maximum Gasteiger partial charge on any atom is 0.0534 e. The first-order valence-electron chi connectivity index (χ1n) is 4.62. The average molecular weight is 165 g/mol. The zero-order valence-corrected chi connectivity index (χ0v) is 7.53. The molecule has 0 N–H and O–H groups in total. The predicted octanol–water partition coefficient (Wildman–Crippen LogP) is 1.11. The summed E-state index contributed by atoms with van der Waals surface area (Å²) in [5, 5.41) is 4.24. The van der Waals surface area contributed by atoms with Crippen LogP contribution < -0.4 is 0 Å². The molecule has 0 atom stereocenters. The highest BCUT2D eigenvalue weighted by Gasteiger charge is 2.13. The Balaban J connectivity index is 1.93. The first kappa shape index (κ1) is 7.80. The number of likely N-dealkylation sites (tertiary alicyclic amines) is 1. The van der Waals surface area contributed by atoms with E-state index in [0.29, 0.717) is 0 Å². The van der Waals surface area contributed by atoms with Gasteiger partial charge >= 0.3 is 0 Å². The number of hydrogen-bond acceptors (Lipinski definition) is 2. The van der Waals surface area contributed by atoms with Gasteiger partial charge in [-0.2, -0.15) is 5.10 Å². The normalized spacial score (nSPS) is 17.8. The largest absolute Gasteiger partial charge is 0.299 e. The van der Waals surface area contributed by atoms with Gasteiger partial charge in [0, 0.05) is 24.8 Å². The standard InChI is InChI=1S/C9H15N3/c1-2-12-8-9(6-10-12)7-11-4-3-5-11/h6,8H,2-5,7H2,1H3. The van der Waals surface area contributed by atoms with Gasteiger partial charge in [0.05, 0.1) is 6.20 Å². The smallest absolute Gasteiger partial charge is 0.0534 e. The van der Waals surface area contributed by atoms with E-state index < -0.39 is 0 Å². The third-order valence-electron chi connectivity index (χ3n) is 2.37. The van der Waals surface area contributed by atoms with Crippen LogP contribution >= 0.6 is 0 Å². The van der Waals surface area contributed by atoms with E-state index in [0.717, 1.165) is 13.1 Å². The minimum atomic E-state index is 0.972. The molecule has 0 saturated carbocycles. The molecule has 1 aromatic rings. The number of aromatic nitrogens is 2. The first-order chi connectivity index (χ1) is 5.88. The van der Waals surface area contributed by atoms with Crippen LogP contribution in [0.25, 0.3) is 0 Å². The summed E-state index contributed by atoms with van der Waals surface area (Å²) in [4.78, 5) is 2.44. The molecule has 0 bridgehead atoms. The van der Waals surface area contributed by atoms with Crippen molar-refractivity contribution in [3.8, 4) is 0 Å². The molecule has 0 aliphatic carbocycles. The molecule has 1 aromatic heterocycles. The molecule has 2 heterocycles. The van der Waals surface area contributed by atoms with E-state index >= 15 is 0 Å². The van der Waals surface area contributed by atoms with E-state index in [1.807, 2.05) is 10.9 Å². The van der Waals surface area contributed by atoms with Crippen molar-refractivity contribution in [3.63, 3.8) is 0 Å². The summed E-state index contributed by atoms with van der Waals surface area (Å²) in [6.07, 6.45) is 5.47. The molecule has 0 unspecified atom stereocenters. The van der Waals surface area contributed by atoms with Crippen molar-refractivity contribution >= 4 is 0 Å². The second-order valence-electron chi connectivity index (χ2n) is 3.33. The van der Waals surface area contributed by atoms with E-state index in [2.05, 4.69) is 23.1 Å². The fourth-order valence-electron chi connectivity index (χ4n) is 1.46. The summed E-state index contributed by atoms with van der Waals surface area (Å²) >= 11 is 0. The van der Waals surface area contributed by atoms with E-state index in [1.54, 1.807) is 0 Å². The van der Waals surface area contributed by atoms with Crippen molar-refractivity contribution in [2.45, 2.75) is 26.4 Å². The van der Waals surface area contributed by atoms with Crippen LogP contribution in [0.5, 0.6) is 0 Å². The van der Waals surface area contributed by atoms with Gasteiger partial charge in [0.2, 0.25) is 0 Å². The molecule has 1 aliphatic heterocycles. The SMILES string of the molecule is CCn1cc(CN2CCC2)cn1. The maximum atomic E-state index is 4.24. The van der Waals surface area contributed by atoms with E-state index in [-0.39, 0.29) is 0 Å². The Bertz CT molecular complexity index is 250. The van der Waals surface area contributed by atoms with Crippen LogP contribution in [0.4, 0.5) is 0 Å². The van der Waals surface area contributed by atoms with Gasteiger partial charge in [-0.1, -0.05) is 0 Å². The van der Waals surface area contributed by atoms with Gasteiger partial charge in [0.25, 0.3) is 0 Å². The molecule has 3 nitrogen and oxygen atoms in total. The van der Waals surface area contributed by atoms with E-state index in [9.17, 15) is 0 Å². The Morgan fingerprint density at radius 3 is 2.83 bits per heavy atom. The summed E-state index contributed by atoms with van der Waals surface area (Å²) in [5.74, 6) is 0. The lowest BCUT2D eigenvalue weighted by atomic mass is 10.2. The van der Waals surface area contributed by atoms with Crippen molar-refractivity contribution in [1.29, 1.82) is 0 Å². The van der Waals surface area contributed by atoms with Crippen molar-refractivity contribution in [2.24, 2.45) is 0 Å². The Hall–Kier alpha value is -0.830. The molecule has 1 aliphatic rings. The lowest BCUT2D eigenvalue weighted by Gasteiger charge is -2.29. The second-order valence-corrected chi connectivity index (χ2v) is 3.33. The number of hydrogen-bond donors (Lipinski definition) is 0.